The second-order valence-electron chi connectivity index (χ2n) is 10.6. The van der Waals surface area contributed by atoms with E-state index in [0.29, 0.717) is 17.8 Å². The molecule has 0 spiro atoms. The minimum absolute atomic E-state index is 0.0362. The van der Waals surface area contributed by atoms with Crippen LogP contribution in [0.2, 0.25) is 5.02 Å². The van der Waals surface area contributed by atoms with Crippen LogP contribution < -0.4 is 4.18 Å². The molecule has 18 heteroatoms. The largest absolute Gasteiger partial charge is 0.534 e. The first kappa shape index (κ1) is 33.6. The zero-order valence-electron chi connectivity index (χ0n) is 23.1. The maximum atomic E-state index is 13.5. The fourth-order valence-electron chi connectivity index (χ4n) is 4.89. The van der Waals surface area contributed by atoms with Gasteiger partial charge in [-0.15, -0.1) is 0 Å². The van der Waals surface area contributed by atoms with Gasteiger partial charge in [0.2, 0.25) is 0 Å². The molecule has 46 heavy (non-hydrogen) atoms. The smallest absolute Gasteiger partial charge is 0.439 e. The van der Waals surface area contributed by atoms with Gasteiger partial charge in [-0.1, -0.05) is 17.7 Å². The summed E-state index contributed by atoms with van der Waals surface area (Å²) >= 11 is 6.31. The highest BCUT2D eigenvalue weighted by Crippen LogP contribution is 2.44. The Hall–Kier alpha value is -3.73. The summed E-state index contributed by atoms with van der Waals surface area (Å²) < 4.78 is 152. The maximum Gasteiger partial charge on any atom is 0.534 e. The number of alkyl halides is 9. The van der Waals surface area contributed by atoms with Crippen molar-refractivity contribution in [3.63, 3.8) is 0 Å². The van der Waals surface area contributed by atoms with Crippen molar-refractivity contribution in [2.75, 3.05) is 0 Å². The molecule has 1 saturated carbocycles. The highest BCUT2D eigenvalue weighted by atomic mass is 35.5. The third-order valence-electron chi connectivity index (χ3n) is 7.36. The highest BCUT2D eigenvalue weighted by Gasteiger charge is 2.49. The Morgan fingerprint density at radius 3 is 2.07 bits per heavy atom. The molecule has 5 rings (SSSR count). The molecule has 1 amide bonds. The van der Waals surface area contributed by atoms with Gasteiger partial charge in [0.25, 0.3) is 0 Å². The summed E-state index contributed by atoms with van der Waals surface area (Å²) in [6.45, 7) is 0.927. The summed E-state index contributed by atoms with van der Waals surface area (Å²) in [6, 6.07) is 5.71. The normalized spacial score (nSPS) is 19.4. The average molecular weight is 703 g/mol. The van der Waals surface area contributed by atoms with Crippen LogP contribution in [0.4, 0.5) is 44.3 Å². The third kappa shape index (κ3) is 6.84. The predicted octanol–water partition coefficient (Wildman–Crippen LogP) is 8.63. The van der Waals surface area contributed by atoms with Crippen molar-refractivity contribution in [3.05, 3.63) is 81.6 Å². The minimum atomic E-state index is -6.04. The van der Waals surface area contributed by atoms with Gasteiger partial charge in [-0.2, -0.15) is 47.9 Å². The van der Waals surface area contributed by atoms with Crippen molar-refractivity contribution in [1.82, 2.24) is 9.88 Å². The van der Waals surface area contributed by atoms with Gasteiger partial charge in [-0.25, -0.2) is 4.79 Å². The van der Waals surface area contributed by atoms with Crippen molar-refractivity contribution in [3.8, 4) is 16.9 Å². The molecule has 2 aliphatic rings. The summed E-state index contributed by atoms with van der Waals surface area (Å²) in [7, 11) is -6.04. The minimum Gasteiger partial charge on any atom is -0.439 e. The van der Waals surface area contributed by atoms with Crippen LogP contribution in [-0.2, 0) is 33.8 Å². The van der Waals surface area contributed by atoms with Crippen molar-refractivity contribution in [1.29, 1.82) is 0 Å². The van der Waals surface area contributed by atoms with Crippen molar-refractivity contribution in [2.45, 2.75) is 62.2 Å². The van der Waals surface area contributed by atoms with Crippen LogP contribution in [0, 0.1) is 0 Å². The summed E-state index contributed by atoms with van der Waals surface area (Å²) in [6.07, 6.45) is -11.4. The van der Waals surface area contributed by atoms with E-state index < -0.39 is 75.2 Å². The van der Waals surface area contributed by atoms with Crippen molar-refractivity contribution < 1.29 is 61.6 Å². The number of carbonyl (C=O) groups is 1. The molecule has 248 valence electrons. The molecule has 0 unspecified atom stereocenters. The number of cyclic esters (lactones) is 1. The van der Waals surface area contributed by atoms with E-state index in [0.717, 1.165) is 35.9 Å². The number of aromatic nitrogens is 1. The highest BCUT2D eigenvalue weighted by molar-refractivity contribution is 7.88. The number of halogens is 10. The zero-order chi connectivity index (χ0) is 34.0. The quantitative estimate of drug-likeness (QED) is 0.139. The zero-order valence-corrected chi connectivity index (χ0v) is 24.7. The molecule has 3 aromatic rings. The number of pyridine rings is 1. The van der Waals surface area contributed by atoms with E-state index in [2.05, 4.69) is 9.17 Å². The molecular formula is C28H20ClF9N2O5S. The van der Waals surface area contributed by atoms with E-state index in [1.165, 1.54) is 13.0 Å². The lowest BCUT2D eigenvalue weighted by molar-refractivity contribution is -0.143. The van der Waals surface area contributed by atoms with E-state index >= 15 is 0 Å². The second kappa shape index (κ2) is 11.5. The molecule has 1 aliphatic heterocycles. The van der Waals surface area contributed by atoms with Gasteiger partial charge in [-0.3, -0.25) is 9.88 Å². The number of benzene rings is 2. The molecule has 1 aliphatic carbocycles. The molecule has 2 heterocycles. The second-order valence-corrected chi connectivity index (χ2v) is 12.6. The van der Waals surface area contributed by atoms with Gasteiger partial charge in [0.15, 0.2) is 0 Å². The Kier molecular flexibility index (Phi) is 8.41. The van der Waals surface area contributed by atoms with Crippen LogP contribution in [0.25, 0.3) is 11.1 Å². The molecule has 2 aromatic carbocycles. The number of hydrogen-bond donors (Lipinski definition) is 0. The molecule has 7 nitrogen and oxygen atoms in total. The Morgan fingerprint density at radius 1 is 0.913 bits per heavy atom. The van der Waals surface area contributed by atoms with Crippen molar-refractivity contribution >= 4 is 27.8 Å². The fraction of sp³-hybridized carbons (Fsp3) is 0.357. The lowest BCUT2D eigenvalue weighted by Gasteiger charge is -2.23. The first-order valence-corrected chi connectivity index (χ1v) is 15.0. The van der Waals surface area contributed by atoms with E-state index in [1.54, 1.807) is 6.07 Å². The van der Waals surface area contributed by atoms with Crippen molar-refractivity contribution in [2.24, 2.45) is 0 Å². The number of hydrogen-bond acceptors (Lipinski definition) is 6. The first-order chi connectivity index (χ1) is 21.2. The molecule has 1 aromatic heterocycles. The van der Waals surface area contributed by atoms with Crippen LogP contribution in [0.15, 0.2) is 48.5 Å². The topological polar surface area (TPSA) is 85.8 Å². The number of amides is 1. The van der Waals surface area contributed by atoms with Gasteiger partial charge in [-0.05, 0) is 67.8 Å². The molecule has 2 atom stereocenters. The van der Waals surface area contributed by atoms with E-state index in [-0.39, 0.29) is 33.8 Å². The Labute approximate surface area is 260 Å². The van der Waals surface area contributed by atoms with Crippen LogP contribution in [0.1, 0.15) is 59.9 Å². The molecule has 0 N–H and O–H groups in total. The molecule has 1 saturated heterocycles. The predicted molar refractivity (Wildman–Crippen MR) is 143 cm³/mol. The lowest BCUT2D eigenvalue weighted by atomic mass is 9.97. The Bertz CT molecular complexity index is 1760. The maximum absolute atomic E-state index is 13.5. The standard InChI is InChI=1S/C28H20ClF9N2O5S/c1-13-24(15-8-16(26(30,31)32)10-17(9-15)27(33,34)35)44-25(41)40(13)12-23-19(5-7-22(39-23)14-2-3-14)20-11-18(4-6-21(20)29)45-46(42,43)28(36,37)38/h4-11,13-14,24H,2-3,12H2,1H3/t13-,24-/m0/s1. The van der Waals surface area contributed by atoms with E-state index in [1.807, 2.05) is 0 Å². The van der Waals surface area contributed by atoms with Gasteiger partial charge >= 0.3 is 34.1 Å². The SMILES string of the molecule is C[C@H]1[C@@H](c2cc(C(F)(F)F)cc(C(F)(F)F)c2)OC(=O)N1Cc1nc(C2CC2)ccc1-c1cc(OS(=O)(=O)C(F)(F)F)ccc1Cl. The lowest BCUT2D eigenvalue weighted by Crippen LogP contribution is -2.32. The van der Waals surface area contributed by atoms with Crippen LogP contribution in [0.3, 0.4) is 0 Å². The number of nitrogens with zero attached hydrogens (tertiary/aromatic N) is 2. The van der Waals surface area contributed by atoms with Gasteiger partial charge < -0.3 is 8.92 Å². The molecule has 2 fully saturated rings. The summed E-state index contributed by atoms with van der Waals surface area (Å²) in [5, 5.41) is -0.0717. The van der Waals surface area contributed by atoms with Crippen LogP contribution in [0.5, 0.6) is 5.75 Å². The number of carbonyl (C=O) groups excluding carboxylic acids is 1. The number of ether oxygens (including phenoxy) is 1. The van der Waals surface area contributed by atoms with Gasteiger partial charge in [0.1, 0.15) is 11.9 Å². The molecule has 0 radical (unpaired) electrons. The van der Waals surface area contributed by atoms with Gasteiger partial charge in [0.05, 0.1) is 29.4 Å². The first-order valence-electron chi connectivity index (χ1n) is 13.2. The van der Waals surface area contributed by atoms with E-state index in [4.69, 9.17) is 16.3 Å². The summed E-state index contributed by atoms with van der Waals surface area (Å²) in [4.78, 5) is 18.6. The van der Waals surface area contributed by atoms with Gasteiger partial charge in [0, 0.05) is 27.8 Å². The monoisotopic (exact) mass is 702 g/mol. The molecular weight excluding hydrogens is 683 g/mol. The Morgan fingerprint density at radius 2 is 1.52 bits per heavy atom. The number of rotatable bonds is 7. The summed E-state index contributed by atoms with van der Waals surface area (Å²) in [5.74, 6) is -0.690. The third-order valence-corrected chi connectivity index (χ3v) is 8.67. The Balaban J connectivity index is 1.52. The fourth-order valence-corrected chi connectivity index (χ4v) is 5.56. The average Bonchev–Trinajstić information content (AvgIpc) is 3.75. The molecule has 0 bridgehead atoms. The van der Waals surface area contributed by atoms with E-state index in [9.17, 15) is 52.7 Å². The van der Waals surface area contributed by atoms with Crippen LogP contribution in [-0.4, -0.2) is 35.9 Å². The summed E-state index contributed by atoms with van der Waals surface area (Å²) in [5.41, 5.74) is -8.71. The van der Waals surface area contributed by atoms with Crippen LogP contribution >= 0.6 is 11.6 Å².